The second-order valence-corrected chi connectivity index (χ2v) is 7.47. The SMILES string of the molecule is CC(NC1CCCC1S(C)(=O)=O)c1ccccc1. The molecule has 1 fully saturated rings. The minimum absolute atomic E-state index is 0.0928. The van der Waals surface area contributed by atoms with Crippen molar-refractivity contribution in [3.05, 3.63) is 35.9 Å². The number of nitrogens with one attached hydrogen (secondary N) is 1. The normalized spacial score (nSPS) is 26.1. The molecule has 1 aromatic rings. The summed E-state index contributed by atoms with van der Waals surface area (Å²) >= 11 is 0. The van der Waals surface area contributed by atoms with Gasteiger partial charge in [0, 0.05) is 18.3 Å². The maximum absolute atomic E-state index is 11.7. The van der Waals surface area contributed by atoms with E-state index in [0.29, 0.717) is 0 Å². The Labute approximate surface area is 110 Å². The van der Waals surface area contributed by atoms with Gasteiger partial charge in [-0.2, -0.15) is 0 Å². The average molecular weight is 267 g/mol. The Kier molecular flexibility index (Phi) is 4.07. The number of sulfone groups is 1. The van der Waals surface area contributed by atoms with Gasteiger partial charge in [-0.25, -0.2) is 8.42 Å². The fourth-order valence-corrected chi connectivity index (χ4v) is 4.19. The van der Waals surface area contributed by atoms with Crippen molar-refractivity contribution in [3.8, 4) is 0 Å². The maximum Gasteiger partial charge on any atom is 0.151 e. The van der Waals surface area contributed by atoms with Gasteiger partial charge in [0.05, 0.1) is 5.25 Å². The van der Waals surface area contributed by atoms with Crippen LogP contribution in [0, 0.1) is 0 Å². The fourth-order valence-electron chi connectivity index (χ4n) is 2.79. The molecule has 18 heavy (non-hydrogen) atoms. The third-order valence-electron chi connectivity index (χ3n) is 3.77. The van der Waals surface area contributed by atoms with Crippen molar-refractivity contribution in [1.29, 1.82) is 0 Å². The first-order chi connectivity index (χ1) is 8.48. The summed E-state index contributed by atoms with van der Waals surface area (Å²) in [6.45, 7) is 2.09. The second-order valence-electron chi connectivity index (χ2n) is 5.20. The van der Waals surface area contributed by atoms with Gasteiger partial charge >= 0.3 is 0 Å². The number of hydrogen-bond donors (Lipinski definition) is 1. The highest BCUT2D eigenvalue weighted by Gasteiger charge is 2.35. The summed E-state index contributed by atoms with van der Waals surface area (Å²) in [4.78, 5) is 0. The molecular weight excluding hydrogens is 246 g/mol. The molecule has 1 aromatic carbocycles. The van der Waals surface area contributed by atoms with E-state index >= 15 is 0 Å². The Morgan fingerprint density at radius 2 is 1.89 bits per heavy atom. The summed E-state index contributed by atoms with van der Waals surface area (Å²) in [5.41, 5.74) is 1.21. The van der Waals surface area contributed by atoms with E-state index in [0.717, 1.165) is 19.3 Å². The molecule has 3 nitrogen and oxygen atoms in total. The summed E-state index contributed by atoms with van der Waals surface area (Å²) in [6, 6.07) is 10.4. The Morgan fingerprint density at radius 1 is 1.22 bits per heavy atom. The highest BCUT2D eigenvalue weighted by molar-refractivity contribution is 7.91. The zero-order chi connectivity index (χ0) is 13.2. The van der Waals surface area contributed by atoms with E-state index in [9.17, 15) is 8.42 Å². The average Bonchev–Trinajstić information content (AvgIpc) is 2.78. The zero-order valence-corrected chi connectivity index (χ0v) is 11.8. The van der Waals surface area contributed by atoms with Gasteiger partial charge in [-0.3, -0.25) is 0 Å². The van der Waals surface area contributed by atoms with Gasteiger partial charge in [-0.05, 0) is 25.3 Å². The first kappa shape index (κ1) is 13.6. The van der Waals surface area contributed by atoms with Crippen LogP contribution in [-0.4, -0.2) is 26.0 Å². The molecule has 1 aliphatic carbocycles. The highest BCUT2D eigenvalue weighted by atomic mass is 32.2. The molecule has 4 heteroatoms. The Morgan fingerprint density at radius 3 is 2.50 bits per heavy atom. The van der Waals surface area contributed by atoms with E-state index in [1.165, 1.54) is 11.8 Å². The summed E-state index contributed by atoms with van der Waals surface area (Å²) in [5.74, 6) is 0. The van der Waals surface area contributed by atoms with E-state index in [1.807, 2.05) is 18.2 Å². The van der Waals surface area contributed by atoms with Crippen LogP contribution in [0.25, 0.3) is 0 Å². The third kappa shape index (κ3) is 3.12. The first-order valence-corrected chi connectivity index (χ1v) is 8.44. The van der Waals surface area contributed by atoms with Crippen molar-refractivity contribution in [2.45, 2.75) is 43.5 Å². The molecule has 0 spiro atoms. The molecule has 1 aliphatic rings. The van der Waals surface area contributed by atoms with Crippen LogP contribution in [0.1, 0.15) is 37.8 Å². The maximum atomic E-state index is 11.7. The molecule has 0 heterocycles. The molecular formula is C14H21NO2S. The van der Waals surface area contributed by atoms with Gasteiger partial charge in [0.15, 0.2) is 9.84 Å². The smallest absolute Gasteiger partial charge is 0.151 e. The highest BCUT2D eigenvalue weighted by Crippen LogP contribution is 2.27. The molecule has 0 saturated heterocycles. The molecule has 2 rings (SSSR count). The second kappa shape index (κ2) is 5.41. The number of hydrogen-bond acceptors (Lipinski definition) is 3. The lowest BCUT2D eigenvalue weighted by molar-refractivity contribution is 0.456. The molecule has 0 amide bonds. The molecule has 3 unspecified atom stereocenters. The van der Waals surface area contributed by atoms with Crippen molar-refractivity contribution >= 4 is 9.84 Å². The molecule has 0 aromatic heterocycles. The van der Waals surface area contributed by atoms with E-state index in [4.69, 9.17) is 0 Å². The lowest BCUT2D eigenvalue weighted by atomic mass is 10.1. The topological polar surface area (TPSA) is 46.2 Å². The van der Waals surface area contributed by atoms with Crippen LogP contribution in [0.5, 0.6) is 0 Å². The van der Waals surface area contributed by atoms with E-state index < -0.39 is 9.84 Å². The monoisotopic (exact) mass is 267 g/mol. The summed E-state index contributed by atoms with van der Waals surface area (Å²) in [6.07, 6.45) is 4.09. The lowest BCUT2D eigenvalue weighted by Gasteiger charge is -2.24. The van der Waals surface area contributed by atoms with Crippen molar-refractivity contribution < 1.29 is 8.42 Å². The fraction of sp³-hybridized carbons (Fsp3) is 0.571. The predicted octanol–water partition coefficient (Wildman–Crippen LogP) is 2.30. The summed E-state index contributed by atoms with van der Waals surface area (Å²) < 4.78 is 23.4. The van der Waals surface area contributed by atoms with E-state index in [2.05, 4.69) is 24.4 Å². The Balaban J connectivity index is 2.05. The van der Waals surface area contributed by atoms with Gasteiger partial charge in [0.25, 0.3) is 0 Å². The predicted molar refractivity (Wildman–Crippen MR) is 74.3 cm³/mol. The molecule has 0 aliphatic heterocycles. The molecule has 3 atom stereocenters. The van der Waals surface area contributed by atoms with Gasteiger partial charge in [-0.1, -0.05) is 36.8 Å². The minimum atomic E-state index is -2.94. The van der Waals surface area contributed by atoms with Gasteiger partial charge < -0.3 is 5.32 Å². The molecule has 0 bridgehead atoms. The van der Waals surface area contributed by atoms with Crippen LogP contribution in [-0.2, 0) is 9.84 Å². The van der Waals surface area contributed by atoms with Crippen LogP contribution in [0.15, 0.2) is 30.3 Å². The lowest BCUT2D eigenvalue weighted by Crippen LogP contribution is -2.41. The zero-order valence-electron chi connectivity index (χ0n) is 11.0. The third-order valence-corrected chi connectivity index (χ3v) is 5.43. The Hall–Kier alpha value is -0.870. The number of rotatable bonds is 4. The Bertz CT molecular complexity index is 484. The molecule has 0 radical (unpaired) electrons. The minimum Gasteiger partial charge on any atom is -0.306 e. The molecule has 1 N–H and O–H groups in total. The van der Waals surface area contributed by atoms with Gasteiger partial charge in [-0.15, -0.1) is 0 Å². The molecule has 1 saturated carbocycles. The summed E-state index contributed by atoms with van der Waals surface area (Å²) in [7, 11) is -2.94. The van der Waals surface area contributed by atoms with Crippen molar-refractivity contribution in [2.24, 2.45) is 0 Å². The van der Waals surface area contributed by atoms with Crippen LogP contribution < -0.4 is 5.32 Å². The van der Waals surface area contributed by atoms with E-state index in [-0.39, 0.29) is 17.3 Å². The quantitative estimate of drug-likeness (QED) is 0.910. The van der Waals surface area contributed by atoms with Gasteiger partial charge in [0.2, 0.25) is 0 Å². The summed E-state index contributed by atoms with van der Waals surface area (Å²) in [5, 5.41) is 3.25. The standard InChI is InChI=1S/C14H21NO2S/c1-11(12-7-4-3-5-8-12)15-13-9-6-10-14(13)18(2,16)17/h3-5,7-8,11,13-15H,6,9-10H2,1-2H3. The van der Waals surface area contributed by atoms with Crippen molar-refractivity contribution in [2.75, 3.05) is 6.26 Å². The van der Waals surface area contributed by atoms with Crippen LogP contribution in [0.4, 0.5) is 0 Å². The molecule has 100 valence electrons. The van der Waals surface area contributed by atoms with Crippen LogP contribution in [0.2, 0.25) is 0 Å². The first-order valence-electron chi connectivity index (χ1n) is 6.48. The number of benzene rings is 1. The van der Waals surface area contributed by atoms with Crippen molar-refractivity contribution in [1.82, 2.24) is 5.32 Å². The van der Waals surface area contributed by atoms with Crippen LogP contribution >= 0.6 is 0 Å². The van der Waals surface area contributed by atoms with Gasteiger partial charge in [0.1, 0.15) is 0 Å². The van der Waals surface area contributed by atoms with Crippen molar-refractivity contribution in [3.63, 3.8) is 0 Å². The van der Waals surface area contributed by atoms with Crippen LogP contribution in [0.3, 0.4) is 0 Å². The largest absolute Gasteiger partial charge is 0.306 e. The van der Waals surface area contributed by atoms with E-state index in [1.54, 1.807) is 0 Å².